The van der Waals surface area contributed by atoms with Gasteiger partial charge in [0.1, 0.15) is 23.5 Å². The fourth-order valence-corrected chi connectivity index (χ4v) is 5.84. The Kier molecular flexibility index (Phi) is 7.39. The van der Waals surface area contributed by atoms with Gasteiger partial charge in [0.15, 0.2) is 0 Å². The number of hydrogen-bond donors (Lipinski definition) is 0. The molecule has 0 aliphatic carbocycles. The molecule has 2 fully saturated rings. The van der Waals surface area contributed by atoms with Gasteiger partial charge in [-0.05, 0) is 77.4 Å². The number of cyclic esters (lactones) is 1. The van der Waals surface area contributed by atoms with Crippen LogP contribution in [-0.2, 0) is 17.1 Å². The van der Waals surface area contributed by atoms with Crippen LogP contribution in [0.15, 0.2) is 48.5 Å². The van der Waals surface area contributed by atoms with Crippen LogP contribution in [-0.4, -0.2) is 24.1 Å². The van der Waals surface area contributed by atoms with Crippen LogP contribution in [0.25, 0.3) is 11.1 Å². The predicted octanol–water partition coefficient (Wildman–Crippen LogP) is 9.20. The summed E-state index contributed by atoms with van der Waals surface area (Å²) in [4.78, 5) is 14.3. The molecule has 2 aliphatic rings. The number of halogens is 8. The zero-order valence-corrected chi connectivity index (χ0v) is 22.5. The molecule has 0 aromatic heterocycles. The number of rotatable bonds is 5. The van der Waals surface area contributed by atoms with Gasteiger partial charge in [0.25, 0.3) is 0 Å². The van der Waals surface area contributed by atoms with Gasteiger partial charge in [-0.2, -0.15) is 26.3 Å². The van der Waals surface area contributed by atoms with Gasteiger partial charge in [-0.1, -0.05) is 19.9 Å². The van der Waals surface area contributed by atoms with E-state index in [1.807, 2.05) is 0 Å². The van der Waals surface area contributed by atoms with Crippen LogP contribution in [0.5, 0.6) is 5.75 Å². The molecule has 2 aliphatic heterocycles. The van der Waals surface area contributed by atoms with Gasteiger partial charge in [-0.15, -0.1) is 0 Å². The smallest absolute Gasteiger partial charge is 0.416 e. The van der Waals surface area contributed by atoms with E-state index in [1.165, 1.54) is 24.1 Å². The minimum absolute atomic E-state index is 0.0637. The van der Waals surface area contributed by atoms with Crippen molar-refractivity contribution in [3.63, 3.8) is 0 Å². The lowest BCUT2D eigenvalue weighted by atomic mass is 9.89. The normalized spacial score (nSPS) is 20.7. The quantitative estimate of drug-likeness (QED) is 0.275. The Bertz CT molecular complexity index is 1530. The summed E-state index contributed by atoms with van der Waals surface area (Å²) in [6.45, 7) is 3.50. The summed E-state index contributed by atoms with van der Waals surface area (Å²) in [6, 6.07) is 5.68. The van der Waals surface area contributed by atoms with Gasteiger partial charge in [0, 0.05) is 11.6 Å². The average molecular weight is 600 g/mol. The summed E-state index contributed by atoms with van der Waals surface area (Å²) in [5.74, 6) is -1.94. The molecule has 0 N–H and O–H groups in total. The number of methoxy groups -OCH3 is 1. The number of amides is 1. The highest BCUT2D eigenvalue weighted by Gasteiger charge is 2.51. The number of alkyl halides is 6. The number of carbonyl (C=O) groups is 1. The SMILES string of the molecule is COc1cc(F)c(C(C)C)cc1-c1ccc(C(F)(F)F)cc1C1CCC2C(c3cc(F)cc(C(F)(F)F)c3)OC(=O)N12. The van der Waals surface area contributed by atoms with Crippen molar-refractivity contribution in [2.75, 3.05) is 7.11 Å². The van der Waals surface area contributed by atoms with Crippen molar-refractivity contribution in [1.82, 2.24) is 4.90 Å². The molecule has 0 bridgehead atoms. The maximum absolute atomic E-state index is 14.8. The summed E-state index contributed by atoms with van der Waals surface area (Å²) >= 11 is 0. The minimum Gasteiger partial charge on any atom is -0.496 e. The van der Waals surface area contributed by atoms with E-state index in [-0.39, 0.29) is 41.2 Å². The van der Waals surface area contributed by atoms with Crippen molar-refractivity contribution in [3.8, 4) is 16.9 Å². The molecule has 2 heterocycles. The average Bonchev–Trinajstić information content (AvgIpc) is 3.48. The van der Waals surface area contributed by atoms with E-state index in [1.54, 1.807) is 13.8 Å². The topological polar surface area (TPSA) is 38.8 Å². The molecule has 224 valence electrons. The van der Waals surface area contributed by atoms with E-state index >= 15 is 0 Å². The molecule has 2 saturated heterocycles. The fourth-order valence-electron chi connectivity index (χ4n) is 5.84. The molecular weight excluding hydrogens is 574 g/mol. The third-order valence-electron chi connectivity index (χ3n) is 7.76. The lowest BCUT2D eigenvalue weighted by Crippen LogP contribution is -2.31. The summed E-state index contributed by atoms with van der Waals surface area (Å²) < 4.78 is 121. The number of fused-ring (bicyclic) bond motifs is 1. The highest BCUT2D eigenvalue weighted by atomic mass is 19.4. The summed E-state index contributed by atoms with van der Waals surface area (Å²) in [5.41, 5.74) is -1.51. The first-order valence-corrected chi connectivity index (χ1v) is 13.1. The van der Waals surface area contributed by atoms with E-state index < -0.39 is 59.4 Å². The molecule has 42 heavy (non-hydrogen) atoms. The Morgan fingerprint density at radius 3 is 2.19 bits per heavy atom. The van der Waals surface area contributed by atoms with Gasteiger partial charge < -0.3 is 9.47 Å². The molecule has 1 amide bonds. The molecule has 3 aromatic carbocycles. The Hall–Kier alpha value is -3.83. The van der Waals surface area contributed by atoms with Crippen molar-refractivity contribution in [3.05, 3.63) is 88.0 Å². The van der Waals surface area contributed by atoms with Crippen LogP contribution in [0.4, 0.5) is 39.9 Å². The summed E-state index contributed by atoms with van der Waals surface area (Å²) in [5, 5.41) is 0. The van der Waals surface area contributed by atoms with E-state index in [2.05, 4.69) is 0 Å². The summed E-state index contributed by atoms with van der Waals surface area (Å²) in [6.07, 6.45) is -11.5. The van der Waals surface area contributed by atoms with Crippen LogP contribution in [0, 0.1) is 11.6 Å². The second kappa shape index (κ2) is 10.5. The number of nitrogens with zero attached hydrogens (tertiary/aromatic N) is 1. The molecular formula is C30H25F8NO3. The third kappa shape index (κ3) is 5.27. The van der Waals surface area contributed by atoms with Gasteiger partial charge in [0.2, 0.25) is 0 Å². The number of benzene rings is 3. The third-order valence-corrected chi connectivity index (χ3v) is 7.76. The van der Waals surface area contributed by atoms with Crippen molar-refractivity contribution in [1.29, 1.82) is 0 Å². The molecule has 0 spiro atoms. The van der Waals surface area contributed by atoms with E-state index in [0.29, 0.717) is 23.3 Å². The minimum atomic E-state index is -4.85. The molecule has 12 heteroatoms. The van der Waals surface area contributed by atoms with Crippen molar-refractivity contribution in [2.24, 2.45) is 0 Å². The van der Waals surface area contributed by atoms with Gasteiger partial charge in [-0.3, -0.25) is 4.90 Å². The second-order valence-electron chi connectivity index (χ2n) is 10.7. The first-order valence-electron chi connectivity index (χ1n) is 13.1. The van der Waals surface area contributed by atoms with Crippen LogP contribution in [0.3, 0.4) is 0 Å². The number of carbonyl (C=O) groups excluding carboxylic acids is 1. The van der Waals surface area contributed by atoms with E-state index in [9.17, 15) is 39.9 Å². The molecule has 3 unspecified atom stereocenters. The molecule has 5 rings (SSSR count). The highest BCUT2D eigenvalue weighted by Crippen LogP contribution is 2.51. The lowest BCUT2D eigenvalue weighted by Gasteiger charge is -2.26. The zero-order valence-electron chi connectivity index (χ0n) is 22.5. The first-order chi connectivity index (χ1) is 19.6. The molecule has 0 saturated carbocycles. The fraction of sp³-hybridized carbons (Fsp3) is 0.367. The largest absolute Gasteiger partial charge is 0.496 e. The Morgan fingerprint density at radius 1 is 0.881 bits per heavy atom. The van der Waals surface area contributed by atoms with Crippen LogP contribution < -0.4 is 4.74 Å². The van der Waals surface area contributed by atoms with Crippen LogP contribution >= 0.6 is 0 Å². The van der Waals surface area contributed by atoms with Crippen molar-refractivity contribution < 1.29 is 49.4 Å². The van der Waals surface area contributed by atoms with Crippen molar-refractivity contribution >= 4 is 6.09 Å². The van der Waals surface area contributed by atoms with Crippen molar-refractivity contribution in [2.45, 2.75) is 63.1 Å². The van der Waals surface area contributed by atoms with E-state index in [0.717, 1.165) is 24.3 Å². The van der Waals surface area contributed by atoms with Crippen LogP contribution in [0.2, 0.25) is 0 Å². The Morgan fingerprint density at radius 2 is 1.57 bits per heavy atom. The van der Waals surface area contributed by atoms with Crippen LogP contribution in [0.1, 0.15) is 72.6 Å². The molecule has 0 radical (unpaired) electrons. The molecule has 4 nitrogen and oxygen atoms in total. The number of ether oxygens (including phenoxy) is 2. The monoisotopic (exact) mass is 599 g/mol. The lowest BCUT2D eigenvalue weighted by molar-refractivity contribution is -0.138. The van der Waals surface area contributed by atoms with Gasteiger partial charge >= 0.3 is 18.4 Å². The highest BCUT2D eigenvalue weighted by molar-refractivity contribution is 5.78. The van der Waals surface area contributed by atoms with Gasteiger partial charge in [-0.25, -0.2) is 13.6 Å². The zero-order chi connectivity index (χ0) is 30.7. The van der Waals surface area contributed by atoms with Gasteiger partial charge in [0.05, 0.1) is 30.3 Å². The first kappa shape index (κ1) is 29.7. The Labute approximate surface area is 235 Å². The predicted molar refractivity (Wildman–Crippen MR) is 136 cm³/mol. The van der Waals surface area contributed by atoms with E-state index in [4.69, 9.17) is 9.47 Å². The molecule has 3 atom stereocenters. The Balaban J connectivity index is 1.62. The summed E-state index contributed by atoms with van der Waals surface area (Å²) in [7, 11) is 1.29. The molecule has 3 aromatic rings. The number of hydrogen-bond acceptors (Lipinski definition) is 3. The standard InChI is InChI=1S/C30H25F8NO3/c1-14(2)20-12-22(26(41-3)13-23(20)32)19-5-4-16(29(33,34)35)11-21(19)24-6-7-25-27(42-28(40)39(24)25)15-8-17(30(36,37)38)10-18(31)9-15/h4-5,8-14,24-25,27H,6-7H2,1-3H3. The maximum atomic E-state index is 14.8. The maximum Gasteiger partial charge on any atom is 0.416 e. The second-order valence-corrected chi connectivity index (χ2v) is 10.7.